The summed E-state index contributed by atoms with van der Waals surface area (Å²) in [6, 6.07) is 8.66. The van der Waals surface area contributed by atoms with Gasteiger partial charge in [0.25, 0.3) is 0 Å². The molecule has 1 N–H and O–H groups in total. The Bertz CT molecular complexity index is 743. The van der Waals surface area contributed by atoms with Crippen molar-refractivity contribution in [3.63, 3.8) is 0 Å². The average molecular weight is 333 g/mol. The van der Waals surface area contributed by atoms with Gasteiger partial charge < -0.3 is 4.74 Å². The molecule has 0 aromatic heterocycles. The van der Waals surface area contributed by atoms with Crippen LogP contribution in [-0.4, -0.2) is 44.7 Å². The number of benzene rings is 1. The van der Waals surface area contributed by atoms with Gasteiger partial charge in [-0.05, 0) is 12.1 Å². The first-order valence-electron chi connectivity index (χ1n) is 5.83. The monoisotopic (exact) mass is 333 g/mol. The second-order valence-electron chi connectivity index (χ2n) is 4.44. The van der Waals surface area contributed by atoms with E-state index >= 15 is 0 Å². The highest BCUT2D eigenvalue weighted by molar-refractivity contribution is 7.89. The van der Waals surface area contributed by atoms with E-state index in [1.54, 1.807) is 30.3 Å². The minimum Gasteiger partial charge on any atom is -0.459 e. The number of nitrogens with zero attached hydrogens (tertiary/aromatic N) is 2. The van der Waals surface area contributed by atoms with Gasteiger partial charge in [0.15, 0.2) is 0 Å². The summed E-state index contributed by atoms with van der Waals surface area (Å²) in [5.74, 6) is 0.656. The van der Waals surface area contributed by atoms with Crippen LogP contribution in [-0.2, 0) is 20.0 Å². The number of nitrogens with one attached hydrogen (secondary N) is 1. The van der Waals surface area contributed by atoms with Crippen LogP contribution >= 0.6 is 0 Å². The fourth-order valence-electron chi connectivity index (χ4n) is 1.55. The number of ether oxygens (including phenoxy) is 1. The van der Waals surface area contributed by atoms with Gasteiger partial charge >= 0.3 is 0 Å². The van der Waals surface area contributed by atoms with Crippen molar-refractivity contribution >= 4 is 20.0 Å². The van der Waals surface area contributed by atoms with Gasteiger partial charge in [-0.2, -0.15) is 4.41 Å². The van der Waals surface area contributed by atoms with Gasteiger partial charge in [0, 0.05) is 0 Å². The van der Waals surface area contributed by atoms with Crippen molar-refractivity contribution in [2.45, 2.75) is 0 Å². The predicted molar refractivity (Wildman–Crippen MR) is 76.5 cm³/mol. The van der Waals surface area contributed by atoms with Gasteiger partial charge in [-0.15, -0.1) is 9.95 Å². The SMILES string of the molecule is CS(=O)(=O)N1C=C(Oc2ccccc2)CN(S(C)(=O)=O)N1. The van der Waals surface area contributed by atoms with Gasteiger partial charge in [0.1, 0.15) is 11.5 Å². The molecule has 2 rings (SSSR count). The maximum atomic E-state index is 11.6. The lowest BCUT2D eigenvalue weighted by Gasteiger charge is -2.32. The maximum absolute atomic E-state index is 11.6. The summed E-state index contributed by atoms with van der Waals surface area (Å²) in [5.41, 5.74) is 2.28. The minimum absolute atomic E-state index is 0.125. The first-order valence-corrected chi connectivity index (χ1v) is 9.53. The van der Waals surface area contributed by atoms with E-state index in [2.05, 4.69) is 5.53 Å². The molecule has 0 spiro atoms. The minimum atomic E-state index is -3.68. The molecule has 21 heavy (non-hydrogen) atoms. The van der Waals surface area contributed by atoms with Gasteiger partial charge in [0.2, 0.25) is 20.0 Å². The second-order valence-corrected chi connectivity index (χ2v) is 8.21. The van der Waals surface area contributed by atoms with Crippen LogP contribution in [0.5, 0.6) is 5.75 Å². The first kappa shape index (κ1) is 15.8. The van der Waals surface area contributed by atoms with Crippen LogP contribution in [0.3, 0.4) is 0 Å². The second kappa shape index (κ2) is 5.64. The van der Waals surface area contributed by atoms with Gasteiger partial charge in [-0.25, -0.2) is 16.8 Å². The van der Waals surface area contributed by atoms with Crippen molar-refractivity contribution in [3.8, 4) is 5.75 Å². The third-order valence-electron chi connectivity index (χ3n) is 2.52. The van der Waals surface area contributed by atoms with Crippen LogP contribution in [0.1, 0.15) is 0 Å². The fourth-order valence-corrected chi connectivity index (χ4v) is 2.75. The highest BCUT2D eigenvalue weighted by atomic mass is 32.2. The number of hydrogen-bond donors (Lipinski definition) is 1. The van der Waals surface area contributed by atoms with Gasteiger partial charge in [-0.1, -0.05) is 18.2 Å². The van der Waals surface area contributed by atoms with E-state index in [0.29, 0.717) is 10.2 Å². The Hall–Kier alpha value is -1.62. The van der Waals surface area contributed by atoms with Crippen molar-refractivity contribution in [3.05, 3.63) is 42.3 Å². The molecule has 0 aliphatic carbocycles. The predicted octanol–water partition coefficient (Wildman–Crippen LogP) is -0.137. The zero-order chi connectivity index (χ0) is 15.7. The molecule has 0 unspecified atom stereocenters. The molecule has 1 aromatic carbocycles. The van der Waals surface area contributed by atoms with Crippen LogP contribution in [0.25, 0.3) is 0 Å². The molecule has 0 fully saturated rings. The van der Waals surface area contributed by atoms with Crippen LogP contribution in [0, 0.1) is 0 Å². The summed E-state index contributed by atoms with van der Waals surface area (Å²) in [7, 11) is -7.33. The molecular weight excluding hydrogens is 318 g/mol. The molecule has 1 aliphatic rings. The van der Waals surface area contributed by atoms with Crippen molar-refractivity contribution in [1.82, 2.24) is 14.4 Å². The Kier molecular flexibility index (Phi) is 4.23. The molecule has 0 radical (unpaired) electrons. The Morgan fingerprint density at radius 2 is 1.67 bits per heavy atom. The van der Waals surface area contributed by atoms with Gasteiger partial charge in [0.05, 0.1) is 25.3 Å². The number of para-hydroxylation sites is 1. The first-order chi connectivity index (χ1) is 9.66. The summed E-state index contributed by atoms with van der Waals surface area (Å²) in [5, 5.41) is 0. The Balaban J connectivity index is 2.32. The van der Waals surface area contributed by atoms with E-state index in [0.717, 1.165) is 16.9 Å². The van der Waals surface area contributed by atoms with Crippen LogP contribution in [0.2, 0.25) is 0 Å². The lowest BCUT2D eigenvalue weighted by Crippen LogP contribution is -2.55. The molecule has 8 nitrogen and oxygen atoms in total. The zero-order valence-corrected chi connectivity index (χ0v) is 13.1. The van der Waals surface area contributed by atoms with Crippen molar-refractivity contribution in [2.24, 2.45) is 0 Å². The Labute approximate surface area is 123 Å². The highest BCUT2D eigenvalue weighted by Gasteiger charge is 2.29. The number of rotatable bonds is 4. The van der Waals surface area contributed by atoms with Crippen molar-refractivity contribution in [1.29, 1.82) is 0 Å². The Morgan fingerprint density at radius 3 is 2.19 bits per heavy atom. The van der Waals surface area contributed by atoms with E-state index in [1.165, 1.54) is 6.20 Å². The van der Waals surface area contributed by atoms with Gasteiger partial charge in [-0.3, -0.25) is 0 Å². The highest BCUT2D eigenvalue weighted by Crippen LogP contribution is 2.18. The summed E-state index contributed by atoms with van der Waals surface area (Å²) in [6.45, 7) is -0.125. The lowest BCUT2D eigenvalue weighted by molar-refractivity contribution is 0.170. The van der Waals surface area contributed by atoms with Crippen LogP contribution in [0.15, 0.2) is 42.3 Å². The van der Waals surface area contributed by atoms with E-state index < -0.39 is 20.0 Å². The smallest absolute Gasteiger partial charge is 0.246 e. The zero-order valence-electron chi connectivity index (χ0n) is 11.4. The fraction of sp³-hybridized carbons (Fsp3) is 0.273. The molecular formula is C11H15N3O5S2. The average Bonchev–Trinajstić information content (AvgIpc) is 2.37. The van der Waals surface area contributed by atoms with Crippen molar-refractivity contribution < 1.29 is 21.6 Å². The lowest BCUT2D eigenvalue weighted by atomic mass is 10.3. The van der Waals surface area contributed by atoms with E-state index in [1.807, 2.05) is 0 Å². The number of hydrogen-bond acceptors (Lipinski definition) is 6. The third-order valence-corrected chi connectivity index (χ3v) is 4.43. The standard InChI is InChI=1S/C11H15N3O5S2/c1-20(15,16)13-8-11(9-14(12-13)21(2,17)18)19-10-6-4-3-5-7-10/h3-8,12H,9H2,1-2H3. The number of sulfonamides is 2. The summed E-state index contributed by atoms with van der Waals surface area (Å²) in [6.07, 6.45) is 3.11. The van der Waals surface area contributed by atoms with Crippen molar-refractivity contribution in [2.75, 3.05) is 19.1 Å². The van der Waals surface area contributed by atoms with E-state index in [9.17, 15) is 16.8 Å². The Morgan fingerprint density at radius 1 is 1.05 bits per heavy atom. The maximum Gasteiger partial charge on any atom is 0.246 e. The van der Waals surface area contributed by atoms with E-state index in [4.69, 9.17) is 4.74 Å². The summed E-state index contributed by atoms with van der Waals surface area (Å²) >= 11 is 0. The third kappa shape index (κ3) is 4.17. The molecule has 0 amide bonds. The van der Waals surface area contributed by atoms with E-state index in [-0.39, 0.29) is 12.3 Å². The largest absolute Gasteiger partial charge is 0.459 e. The summed E-state index contributed by atoms with van der Waals surface area (Å²) in [4.78, 5) is 0. The molecule has 0 atom stereocenters. The quantitative estimate of drug-likeness (QED) is 0.824. The topological polar surface area (TPSA) is 96.0 Å². The molecule has 10 heteroatoms. The number of hydrazine groups is 2. The molecule has 0 bridgehead atoms. The van der Waals surface area contributed by atoms with Crippen LogP contribution < -0.4 is 10.3 Å². The normalized spacial score (nSPS) is 17.4. The molecule has 1 aromatic rings. The molecule has 116 valence electrons. The molecule has 0 saturated heterocycles. The molecule has 1 aliphatic heterocycles. The molecule has 1 heterocycles. The molecule has 0 saturated carbocycles. The van der Waals surface area contributed by atoms with Crippen LogP contribution in [0.4, 0.5) is 0 Å². The summed E-state index contributed by atoms with van der Waals surface area (Å²) < 4.78 is 53.4.